The number of aryl methyl sites for hydroxylation is 2. The summed E-state index contributed by atoms with van der Waals surface area (Å²) in [5.41, 5.74) is 4.33. The fraction of sp³-hybridized carbons (Fsp3) is 0.381. The molecule has 0 fully saturated rings. The molecule has 1 aromatic carbocycles. The number of aromatic nitrogens is 4. The first-order valence-corrected chi connectivity index (χ1v) is 10.1. The summed E-state index contributed by atoms with van der Waals surface area (Å²) < 4.78 is 3.82. The van der Waals surface area contributed by atoms with E-state index in [0.29, 0.717) is 19.5 Å². The van der Waals surface area contributed by atoms with Crippen LogP contribution < -0.4 is 5.32 Å². The number of amides is 1. The van der Waals surface area contributed by atoms with E-state index in [-0.39, 0.29) is 11.9 Å². The number of nitrogens with one attached hydrogen (secondary N) is 1. The molecule has 3 aromatic rings. The second-order valence-electron chi connectivity index (χ2n) is 7.28. The number of nitrogens with zero attached hydrogens (tertiary/aromatic N) is 4. The molecule has 28 heavy (non-hydrogen) atoms. The third-order valence-corrected chi connectivity index (χ3v) is 5.59. The minimum atomic E-state index is 0.0237. The van der Waals surface area contributed by atoms with Crippen LogP contribution in [0.5, 0.6) is 0 Å². The quantitative estimate of drug-likeness (QED) is 0.690. The number of carbonyl (C=O) groups is 1. The molecule has 1 aliphatic carbocycles. The molecule has 4 rings (SSSR count). The second kappa shape index (κ2) is 8.19. The van der Waals surface area contributed by atoms with Crippen LogP contribution >= 0.6 is 11.6 Å². The Morgan fingerprint density at radius 3 is 2.96 bits per heavy atom. The monoisotopic (exact) mass is 397 g/mol. The molecule has 2 heterocycles. The average Bonchev–Trinajstić information content (AvgIpc) is 3.29. The van der Waals surface area contributed by atoms with Gasteiger partial charge in [0.2, 0.25) is 5.91 Å². The second-order valence-corrected chi connectivity index (χ2v) is 7.69. The molecule has 7 heteroatoms. The molecule has 0 aliphatic heterocycles. The topological polar surface area (TPSA) is 64.7 Å². The lowest BCUT2D eigenvalue weighted by atomic mass is 9.92. The minimum Gasteiger partial charge on any atom is -0.349 e. The predicted molar refractivity (Wildman–Crippen MR) is 108 cm³/mol. The van der Waals surface area contributed by atoms with Gasteiger partial charge >= 0.3 is 0 Å². The van der Waals surface area contributed by atoms with E-state index in [9.17, 15) is 4.79 Å². The normalized spacial score (nSPS) is 16.0. The van der Waals surface area contributed by atoms with Crippen LogP contribution in [0, 0.1) is 6.92 Å². The molecule has 1 aliphatic rings. The Morgan fingerprint density at radius 1 is 1.32 bits per heavy atom. The summed E-state index contributed by atoms with van der Waals surface area (Å²) in [7, 11) is 0. The first-order chi connectivity index (χ1) is 13.6. The van der Waals surface area contributed by atoms with Crippen LogP contribution in [0.2, 0.25) is 5.02 Å². The lowest BCUT2D eigenvalue weighted by molar-refractivity contribution is -0.122. The van der Waals surface area contributed by atoms with Gasteiger partial charge in [-0.2, -0.15) is 10.2 Å². The number of rotatable bonds is 6. The van der Waals surface area contributed by atoms with E-state index in [0.717, 1.165) is 41.1 Å². The largest absolute Gasteiger partial charge is 0.349 e. The summed E-state index contributed by atoms with van der Waals surface area (Å²) in [4.78, 5) is 12.4. The highest BCUT2D eigenvalue weighted by Crippen LogP contribution is 2.30. The molecule has 1 N–H and O–H groups in total. The maximum Gasteiger partial charge on any atom is 0.222 e. The van der Waals surface area contributed by atoms with Gasteiger partial charge < -0.3 is 5.32 Å². The first-order valence-electron chi connectivity index (χ1n) is 9.67. The molecule has 2 aromatic heterocycles. The van der Waals surface area contributed by atoms with E-state index >= 15 is 0 Å². The van der Waals surface area contributed by atoms with Crippen molar-refractivity contribution in [1.29, 1.82) is 0 Å². The molecule has 0 bridgehead atoms. The molecule has 146 valence electrons. The number of benzene rings is 1. The lowest BCUT2D eigenvalue weighted by Crippen LogP contribution is -2.31. The van der Waals surface area contributed by atoms with Crippen molar-refractivity contribution in [1.82, 2.24) is 24.9 Å². The Morgan fingerprint density at radius 2 is 2.18 bits per heavy atom. The Bertz CT molecular complexity index is 977. The fourth-order valence-electron chi connectivity index (χ4n) is 3.76. The maximum atomic E-state index is 12.4. The van der Waals surface area contributed by atoms with E-state index in [1.165, 1.54) is 5.69 Å². The molecule has 0 saturated heterocycles. The number of halogens is 1. The summed E-state index contributed by atoms with van der Waals surface area (Å²) >= 11 is 6.30. The Labute approximate surface area is 169 Å². The summed E-state index contributed by atoms with van der Waals surface area (Å²) in [6.07, 6.45) is 7.16. The highest BCUT2D eigenvalue weighted by molar-refractivity contribution is 6.31. The van der Waals surface area contributed by atoms with Crippen LogP contribution in [-0.2, 0) is 24.3 Å². The lowest BCUT2D eigenvalue weighted by Gasteiger charge is -2.24. The van der Waals surface area contributed by atoms with Crippen molar-refractivity contribution < 1.29 is 4.79 Å². The first kappa shape index (κ1) is 18.7. The van der Waals surface area contributed by atoms with Crippen molar-refractivity contribution in [2.45, 2.75) is 51.7 Å². The van der Waals surface area contributed by atoms with Gasteiger partial charge in [-0.3, -0.25) is 14.2 Å². The number of hydrogen-bond donors (Lipinski definition) is 1. The van der Waals surface area contributed by atoms with Crippen LogP contribution in [0.4, 0.5) is 0 Å². The van der Waals surface area contributed by atoms with Gasteiger partial charge in [-0.05, 0) is 43.9 Å². The van der Waals surface area contributed by atoms with Crippen LogP contribution in [0.1, 0.15) is 47.8 Å². The zero-order valence-corrected chi connectivity index (χ0v) is 16.7. The summed E-state index contributed by atoms with van der Waals surface area (Å²) in [5.74, 6) is 0.0462. The van der Waals surface area contributed by atoms with Gasteiger partial charge in [-0.25, -0.2) is 0 Å². The number of hydrogen-bond acceptors (Lipinski definition) is 3. The van der Waals surface area contributed by atoms with Crippen molar-refractivity contribution in [2.24, 2.45) is 0 Å². The molecule has 0 radical (unpaired) electrons. The third-order valence-electron chi connectivity index (χ3n) is 5.22. The third kappa shape index (κ3) is 4.12. The summed E-state index contributed by atoms with van der Waals surface area (Å²) in [6.45, 7) is 3.18. The number of carbonyl (C=O) groups excluding carboxylic acids is 1. The van der Waals surface area contributed by atoms with Crippen molar-refractivity contribution in [3.05, 3.63) is 70.3 Å². The Balaban J connectivity index is 1.42. The molecule has 0 unspecified atom stereocenters. The Kier molecular flexibility index (Phi) is 5.48. The van der Waals surface area contributed by atoms with Gasteiger partial charge in [0, 0.05) is 35.4 Å². The van der Waals surface area contributed by atoms with Crippen molar-refractivity contribution in [3.63, 3.8) is 0 Å². The van der Waals surface area contributed by atoms with E-state index in [1.807, 2.05) is 59.0 Å². The van der Waals surface area contributed by atoms with E-state index in [4.69, 9.17) is 11.6 Å². The summed E-state index contributed by atoms with van der Waals surface area (Å²) in [5, 5.41) is 12.8. The van der Waals surface area contributed by atoms with Crippen molar-refractivity contribution in [2.75, 3.05) is 0 Å². The SMILES string of the molecule is Cc1ccn(CCC(=O)N[C@@H]2CCCc3c2cnn3Cc2ccccc2Cl)n1. The van der Waals surface area contributed by atoms with E-state index < -0.39 is 0 Å². The summed E-state index contributed by atoms with van der Waals surface area (Å²) in [6, 6.07) is 9.81. The van der Waals surface area contributed by atoms with Gasteiger partial charge in [0.15, 0.2) is 0 Å². The van der Waals surface area contributed by atoms with E-state index in [2.05, 4.69) is 15.5 Å². The molecule has 1 amide bonds. The standard InChI is InChI=1S/C21H24ClN5O/c1-15-9-11-26(25-15)12-10-21(28)24-19-7-4-8-20-17(19)13-23-27(20)14-16-5-2-3-6-18(16)22/h2-3,5-6,9,11,13,19H,4,7-8,10,12,14H2,1H3,(H,24,28)/t19-/m1/s1. The molecule has 0 spiro atoms. The van der Waals surface area contributed by atoms with Gasteiger partial charge in [0.25, 0.3) is 0 Å². The molecule has 0 saturated carbocycles. The highest BCUT2D eigenvalue weighted by Gasteiger charge is 2.25. The molecule has 1 atom stereocenters. The number of fused-ring (bicyclic) bond motifs is 1. The molecular weight excluding hydrogens is 374 g/mol. The highest BCUT2D eigenvalue weighted by atomic mass is 35.5. The van der Waals surface area contributed by atoms with Gasteiger partial charge in [0.05, 0.1) is 24.5 Å². The maximum absolute atomic E-state index is 12.4. The average molecular weight is 398 g/mol. The predicted octanol–water partition coefficient (Wildman–Crippen LogP) is 3.67. The van der Waals surface area contributed by atoms with Gasteiger partial charge in [-0.1, -0.05) is 29.8 Å². The molecule has 6 nitrogen and oxygen atoms in total. The smallest absolute Gasteiger partial charge is 0.222 e. The molecular formula is C21H24ClN5O. The van der Waals surface area contributed by atoms with Crippen LogP contribution in [0.25, 0.3) is 0 Å². The van der Waals surface area contributed by atoms with Crippen LogP contribution in [-0.4, -0.2) is 25.5 Å². The van der Waals surface area contributed by atoms with E-state index in [1.54, 1.807) is 0 Å². The van der Waals surface area contributed by atoms with Gasteiger partial charge in [-0.15, -0.1) is 0 Å². The van der Waals surface area contributed by atoms with Gasteiger partial charge in [0.1, 0.15) is 0 Å². The van der Waals surface area contributed by atoms with Crippen molar-refractivity contribution in [3.8, 4) is 0 Å². The zero-order chi connectivity index (χ0) is 19.5. The van der Waals surface area contributed by atoms with Crippen LogP contribution in [0.3, 0.4) is 0 Å². The fourth-order valence-corrected chi connectivity index (χ4v) is 3.96. The van der Waals surface area contributed by atoms with Crippen molar-refractivity contribution >= 4 is 17.5 Å². The minimum absolute atomic E-state index is 0.0237. The zero-order valence-electron chi connectivity index (χ0n) is 15.9. The Hall–Kier alpha value is -2.60. The van der Waals surface area contributed by atoms with Crippen LogP contribution in [0.15, 0.2) is 42.7 Å².